The van der Waals surface area contributed by atoms with Crippen LogP contribution in [0.1, 0.15) is 15.4 Å². The summed E-state index contributed by atoms with van der Waals surface area (Å²) in [6.45, 7) is -0.0811. The van der Waals surface area contributed by atoms with E-state index in [9.17, 15) is 4.79 Å². The number of hydrogen-bond acceptors (Lipinski definition) is 4. The van der Waals surface area contributed by atoms with Gasteiger partial charge in [0.15, 0.2) is 5.69 Å². The van der Waals surface area contributed by atoms with Crippen molar-refractivity contribution < 1.29 is 15.0 Å². The van der Waals surface area contributed by atoms with Crippen molar-refractivity contribution in [2.24, 2.45) is 0 Å². The van der Waals surface area contributed by atoms with Crippen LogP contribution in [0.25, 0.3) is 10.6 Å². The Hall–Kier alpha value is -1.24. The number of aromatic carboxylic acids is 1. The first-order valence-corrected chi connectivity index (χ1v) is 6.82. The molecule has 0 saturated carbocycles. The molecule has 2 rings (SSSR count). The zero-order valence-corrected chi connectivity index (χ0v) is 11.7. The van der Waals surface area contributed by atoms with Gasteiger partial charge in [-0.05, 0) is 12.1 Å². The number of carbonyl (C=O) groups is 1. The van der Waals surface area contributed by atoms with E-state index in [0.717, 1.165) is 10.0 Å². The highest BCUT2D eigenvalue weighted by Crippen LogP contribution is 2.29. The number of hydrogen-bond donors (Lipinski definition) is 2. The summed E-state index contributed by atoms with van der Waals surface area (Å²) >= 11 is 4.65. The van der Waals surface area contributed by atoms with Crippen molar-refractivity contribution in [1.29, 1.82) is 0 Å². The van der Waals surface area contributed by atoms with Crippen molar-refractivity contribution in [2.75, 3.05) is 6.61 Å². The van der Waals surface area contributed by atoms with Crippen LogP contribution in [-0.2, 0) is 6.42 Å². The minimum Gasteiger partial charge on any atom is -0.476 e. The maximum Gasteiger partial charge on any atom is 0.355 e. The average molecular weight is 328 g/mol. The molecule has 6 heteroatoms. The lowest BCUT2D eigenvalue weighted by atomic mass is 10.2. The molecule has 0 aliphatic rings. The van der Waals surface area contributed by atoms with Crippen molar-refractivity contribution >= 4 is 33.2 Å². The van der Waals surface area contributed by atoms with E-state index in [4.69, 9.17) is 10.2 Å². The second kappa shape index (κ2) is 5.60. The monoisotopic (exact) mass is 327 g/mol. The summed E-state index contributed by atoms with van der Waals surface area (Å²) in [6, 6.07) is 7.50. The number of aliphatic hydroxyl groups excluding tert-OH is 1. The van der Waals surface area contributed by atoms with E-state index < -0.39 is 5.97 Å². The highest BCUT2D eigenvalue weighted by atomic mass is 79.9. The van der Waals surface area contributed by atoms with Crippen molar-refractivity contribution in [1.82, 2.24) is 4.98 Å². The summed E-state index contributed by atoms with van der Waals surface area (Å²) in [4.78, 5) is 15.8. The van der Waals surface area contributed by atoms with Gasteiger partial charge in [-0.15, -0.1) is 11.3 Å². The number of carboxylic acid groups (broad SMARTS) is 1. The molecule has 4 nitrogen and oxygen atoms in total. The molecule has 18 heavy (non-hydrogen) atoms. The quantitative estimate of drug-likeness (QED) is 0.905. The van der Waals surface area contributed by atoms with Gasteiger partial charge < -0.3 is 10.2 Å². The molecular weight excluding hydrogens is 318 g/mol. The molecule has 0 aliphatic heterocycles. The van der Waals surface area contributed by atoms with Gasteiger partial charge in [-0.2, -0.15) is 0 Å². The predicted octanol–water partition coefficient (Wildman–Crippen LogP) is 2.81. The van der Waals surface area contributed by atoms with Gasteiger partial charge in [0, 0.05) is 27.9 Å². The SMILES string of the molecule is O=C(O)c1nc(-c2ccc(Br)cc2)sc1CCO. The van der Waals surface area contributed by atoms with Crippen molar-refractivity contribution in [3.05, 3.63) is 39.3 Å². The van der Waals surface area contributed by atoms with E-state index >= 15 is 0 Å². The number of aromatic nitrogens is 1. The maximum absolute atomic E-state index is 11.1. The van der Waals surface area contributed by atoms with Gasteiger partial charge in [0.1, 0.15) is 5.01 Å². The Morgan fingerprint density at radius 3 is 2.56 bits per heavy atom. The molecule has 1 aromatic carbocycles. The first-order valence-electron chi connectivity index (χ1n) is 5.21. The smallest absolute Gasteiger partial charge is 0.355 e. The van der Waals surface area contributed by atoms with Gasteiger partial charge in [0.25, 0.3) is 0 Å². The molecular formula is C12H10BrNO3S. The third kappa shape index (κ3) is 2.77. The van der Waals surface area contributed by atoms with E-state index in [1.165, 1.54) is 11.3 Å². The van der Waals surface area contributed by atoms with Gasteiger partial charge in [-0.1, -0.05) is 28.1 Å². The van der Waals surface area contributed by atoms with E-state index in [2.05, 4.69) is 20.9 Å². The van der Waals surface area contributed by atoms with Gasteiger partial charge in [0.05, 0.1) is 0 Å². The minimum atomic E-state index is -1.06. The second-order valence-electron chi connectivity index (χ2n) is 3.58. The number of benzene rings is 1. The van der Waals surface area contributed by atoms with Crippen LogP contribution in [0, 0.1) is 0 Å². The number of carboxylic acids is 1. The first kappa shape index (κ1) is 13.2. The van der Waals surface area contributed by atoms with Crippen LogP contribution < -0.4 is 0 Å². The molecule has 0 fully saturated rings. The summed E-state index contributed by atoms with van der Waals surface area (Å²) < 4.78 is 0.955. The average Bonchev–Trinajstić information content (AvgIpc) is 2.75. The fourth-order valence-corrected chi connectivity index (χ4v) is 2.82. The van der Waals surface area contributed by atoms with Gasteiger partial charge in [0.2, 0.25) is 0 Å². The summed E-state index contributed by atoms with van der Waals surface area (Å²) in [5.74, 6) is -1.06. The largest absolute Gasteiger partial charge is 0.476 e. The summed E-state index contributed by atoms with van der Waals surface area (Å²) in [7, 11) is 0. The van der Waals surface area contributed by atoms with Crippen LogP contribution in [0.15, 0.2) is 28.7 Å². The molecule has 2 aromatic rings. The number of halogens is 1. The summed E-state index contributed by atoms with van der Waals surface area (Å²) in [5, 5.41) is 18.6. The molecule has 0 bridgehead atoms. The Labute approximate surface area is 116 Å². The minimum absolute atomic E-state index is 0.0342. The highest BCUT2D eigenvalue weighted by molar-refractivity contribution is 9.10. The molecule has 0 radical (unpaired) electrons. The molecule has 0 spiro atoms. The van der Waals surface area contributed by atoms with Crippen molar-refractivity contribution in [2.45, 2.75) is 6.42 Å². The number of nitrogens with zero attached hydrogens (tertiary/aromatic N) is 1. The lowest BCUT2D eigenvalue weighted by molar-refractivity contribution is 0.0690. The number of thiazole rings is 1. The number of rotatable bonds is 4. The standard InChI is InChI=1S/C12H10BrNO3S/c13-8-3-1-7(2-4-8)11-14-10(12(16)17)9(18-11)5-6-15/h1-4,15H,5-6H2,(H,16,17). The Bertz CT molecular complexity index is 565. The fourth-order valence-electron chi connectivity index (χ4n) is 1.51. The molecule has 0 aliphatic carbocycles. The maximum atomic E-state index is 11.1. The van der Waals surface area contributed by atoms with E-state index in [1.54, 1.807) is 0 Å². The van der Waals surface area contributed by atoms with Crippen LogP contribution in [-0.4, -0.2) is 27.8 Å². The third-order valence-corrected chi connectivity index (χ3v) is 4.02. The normalized spacial score (nSPS) is 10.6. The summed E-state index contributed by atoms with van der Waals surface area (Å²) in [5.41, 5.74) is 0.904. The third-order valence-electron chi connectivity index (χ3n) is 2.33. The predicted molar refractivity (Wildman–Crippen MR) is 73.0 cm³/mol. The van der Waals surface area contributed by atoms with Crippen LogP contribution in [0.4, 0.5) is 0 Å². The van der Waals surface area contributed by atoms with Gasteiger partial charge >= 0.3 is 5.97 Å². The lowest BCUT2D eigenvalue weighted by Crippen LogP contribution is -2.02. The van der Waals surface area contributed by atoms with E-state index in [1.807, 2.05) is 24.3 Å². The lowest BCUT2D eigenvalue weighted by Gasteiger charge is -1.95. The molecule has 1 aromatic heterocycles. The molecule has 2 N–H and O–H groups in total. The molecule has 0 atom stereocenters. The Morgan fingerprint density at radius 1 is 1.33 bits per heavy atom. The molecule has 0 unspecified atom stereocenters. The molecule has 94 valence electrons. The van der Waals surface area contributed by atoms with Crippen LogP contribution in [0.5, 0.6) is 0 Å². The van der Waals surface area contributed by atoms with Gasteiger partial charge in [-0.25, -0.2) is 9.78 Å². The molecule has 0 saturated heterocycles. The van der Waals surface area contributed by atoms with E-state index in [0.29, 0.717) is 16.3 Å². The number of aliphatic hydroxyl groups is 1. The van der Waals surface area contributed by atoms with Crippen molar-refractivity contribution in [3.63, 3.8) is 0 Å². The van der Waals surface area contributed by atoms with Crippen LogP contribution in [0.3, 0.4) is 0 Å². The van der Waals surface area contributed by atoms with Crippen LogP contribution >= 0.6 is 27.3 Å². The zero-order valence-electron chi connectivity index (χ0n) is 9.26. The Kier molecular flexibility index (Phi) is 4.11. The highest BCUT2D eigenvalue weighted by Gasteiger charge is 2.17. The zero-order chi connectivity index (χ0) is 13.1. The van der Waals surface area contributed by atoms with Crippen LogP contribution in [0.2, 0.25) is 0 Å². The Balaban J connectivity index is 2.42. The fraction of sp³-hybridized carbons (Fsp3) is 0.167. The summed E-state index contributed by atoms with van der Waals surface area (Å²) in [6.07, 6.45) is 0.315. The Morgan fingerprint density at radius 2 is 2.00 bits per heavy atom. The van der Waals surface area contributed by atoms with Gasteiger partial charge in [-0.3, -0.25) is 0 Å². The van der Waals surface area contributed by atoms with Crippen molar-refractivity contribution in [3.8, 4) is 10.6 Å². The van der Waals surface area contributed by atoms with E-state index in [-0.39, 0.29) is 12.3 Å². The second-order valence-corrected chi connectivity index (χ2v) is 5.58. The topological polar surface area (TPSA) is 70.4 Å². The molecule has 1 heterocycles. The molecule has 0 amide bonds. The first-order chi connectivity index (χ1) is 8.61.